The second-order valence-corrected chi connectivity index (χ2v) is 2.72. The van der Waals surface area contributed by atoms with Crippen LogP contribution in [-0.4, -0.2) is 12.0 Å². The highest BCUT2D eigenvalue weighted by Crippen LogP contribution is 2.05. The Morgan fingerprint density at radius 2 is 2.33 bits per heavy atom. The normalized spacial score (nSPS) is 12.7. The maximum atomic E-state index is 9.87. The lowest BCUT2D eigenvalue weighted by Crippen LogP contribution is -1.89. The first-order chi connectivity index (χ1) is 5.66. The minimum Gasteiger partial charge on any atom is -0.394 e. The summed E-state index contributed by atoms with van der Waals surface area (Å²) in [5.41, 5.74) is 0. The van der Waals surface area contributed by atoms with E-state index in [9.17, 15) is 10.1 Å². The van der Waals surface area contributed by atoms with Crippen LogP contribution in [0.3, 0.4) is 0 Å². The molecule has 5 heteroatoms. The summed E-state index contributed by atoms with van der Waals surface area (Å²) < 4.78 is 0.644. The number of allylic oxidation sites excluding steroid dienone is 4. The number of nitro groups is 1. The smallest absolute Gasteiger partial charge is 0.235 e. The van der Waals surface area contributed by atoms with Crippen LogP contribution in [-0.2, 0) is 0 Å². The van der Waals surface area contributed by atoms with Gasteiger partial charge in [-0.1, -0.05) is 15.9 Å². The lowest BCUT2D eigenvalue weighted by Gasteiger charge is -1.84. The first-order valence-electron chi connectivity index (χ1n) is 3.18. The van der Waals surface area contributed by atoms with Crippen LogP contribution in [0.25, 0.3) is 0 Å². The van der Waals surface area contributed by atoms with Crippen molar-refractivity contribution in [1.82, 2.24) is 5.32 Å². The quantitative estimate of drug-likeness (QED) is 0.457. The van der Waals surface area contributed by atoms with E-state index in [0.717, 1.165) is 6.20 Å². The third-order valence-corrected chi connectivity index (χ3v) is 1.40. The van der Waals surface area contributed by atoms with Crippen LogP contribution in [0.1, 0.15) is 0 Å². The van der Waals surface area contributed by atoms with E-state index in [1.54, 1.807) is 25.4 Å². The Bertz CT molecular complexity index is 234. The summed E-state index contributed by atoms with van der Waals surface area (Å²) in [5, 5.41) is 12.7. The number of nitrogens with zero attached hydrogens (tertiary/aromatic N) is 1. The molecule has 0 atom stereocenters. The highest BCUT2D eigenvalue weighted by Gasteiger charge is 1.86. The third-order valence-electron chi connectivity index (χ3n) is 0.874. The fourth-order valence-electron chi connectivity index (χ4n) is 0.424. The van der Waals surface area contributed by atoms with Crippen molar-refractivity contribution in [2.45, 2.75) is 0 Å². The average Bonchev–Trinajstić information content (AvgIpc) is 2.01. The zero-order valence-electron chi connectivity index (χ0n) is 6.53. The zero-order chi connectivity index (χ0) is 9.40. The van der Waals surface area contributed by atoms with E-state index in [0.29, 0.717) is 4.48 Å². The lowest BCUT2D eigenvalue weighted by atomic mass is 10.4. The van der Waals surface area contributed by atoms with E-state index >= 15 is 0 Å². The Labute approximate surface area is 78.9 Å². The van der Waals surface area contributed by atoms with Gasteiger partial charge in [-0.25, -0.2) is 0 Å². The van der Waals surface area contributed by atoms with Gasteiger partial charge in [0.2, 0.25) is 6.20 Å². The molecule has 0 spiro atoms. The molecule has 0 aliphatic carbocycles. The molecule has 0 aromatic carbocycles. The minimum atomic E-state index is -0.517. The van der Waals surface area contributed by atoms with Gasteiger partial charge in [0.15, 0.2) is 0 Å². The van der Waals surface area contributed by atoms with E-state index in [2.05, 4.69) is 21.2 Å². The molecule has 0 aromatic heterocycles. The van der Waals surface area contributed by atoms with Gasteiger partial charge in [0.25, 0.3) is 0 Å². The first-order valence-corrected chi connectivity index (χ1v) is 3.97. The zero-order valence-corrected chi connectivity index (χ0v) is 8.11. The molecule has 1 N–H and O–H groups in total. The van der Waals surface area contributed by atoms with Gasteiger partial charge in [-0.15, -0.1) is 0 Å². The predicted octanol–water partition coefficient (Wildman–Crippen LogP) is 1.79. The van der Waals surface area contributed by atoms with Crippen LogP contribution >= 0.6 is 15.9 Å². The summed E-state index contributed by atoms with van der Waals surface area (Å²) in [6, 6.07) is 0. The molecule has 0 rings (SSSR count). The molecule has 0 bridgehead atoms. The van der Waals surface area contributed by atoms with Crippen LogP contribution in [0.15, 0.2) is 35.1 Å². The van der Waals surface area contributed by atoms with Gasteiger partial charge in [0.05, 0.1) is 4.92 Å². The molecular weight excluding hydrogens is 224 g/mol. The number of hydrogen-bond donors (Lipinski definition) is 1. The van der Waals surface area contributed by atoms with Crippen molar-refractivity contribution in [3.8, 4) is 0 Å². The second kappa shape index (κ2) is 6.60. The average molecular weight is 233 g/mol. The summed E-state index contributed by atoms with van der Waals surface area (Å²) in [6.07, 6.45) is 7.36. The van der Waals surface area contributed by atoms with Gasteiger partial charge in [0, 0.05) is 17.6 Å². The molecule has 0 saturated carbocycles. The van der Waals surface area contributed by atoms with Crippen molar-refractivity contribution < 1.29 is 4.92 Å². The van der Waals surface area contributed by atoms with E-state index in [4.69, 9.17) is 0 Å². The lowest BCUT2D eigenvalue weighted by molar-refractivity contribution is -0.402. The molecule has 4 nitrogen and oxygen atoms in total. The van der Waals surface area contributed by atoms with Crippen LogP contribution in [0.2, 0.25) is 0 Å². The number of nitrogens with one attached hydrogen (secondary N) is 1. The molecule has 0 fully saturated rings. The van der Waals surface area contributed by atoms with Crippen molar-refractivity contribution in [3.63, 3.8) is 0 Å². The number of rotatable bonds is 4. The molecule has 0 heterocycles. The Hall–Kier alpha value is -1.10. The fourth-order valence-corrected chi connectivity index (χ4v) is 0.695. The predicted molar refractivity (Wildman–Crippen MR) is 51.3 cm³/mol. The summed E-state index contributed by atoms with van der Waals surface area (Å²) >= 11 is 3.13. The molecule has 0 aromatic rings. The second-order valence-electron chi connectivity index (χ2n) is 1.80. The maximum absolute atomic E-state index is 9.87. The van der Waals surface area contributed by atoms with Gasteiger partial charge in [0.1, 0.15) is 0 Å². The maximum Gasteiger partial charge on any atom is 0.235 e. The van der Waals surface area contributed by atoms with Gasteiger partial charge in [-0.3, -0.25) is 10.1 Å². The van der Waals surface area contributed by atoms with Gasteiger partial charge in [-0.05, 0) is 18.4 Å². The SMILES string of the molecule is CN/C=C/C=C(Br)\C=C\[N+](=O)[O-]. The Morgan fingerprint density at radius 3 is 2.83 bits per heavy atom. The molecular formula is C7H9BrN2O2. The summed E-state index contributed by atoms with van der Waals surface area (Å²) in [6.45, 7) is 0. The monoisotopic (exact) mass is 232 g/mol. The molecule has 0 unspecified atom stereocenters. The Morgan fingerprint density at radius 1 is 1.67 bits per heavy atom. The fraction of sp³-hybridized carbons (Fsp3) is 0.143. The third kappa shape index (κ3) is 7.01. The molecule has 0 aliphatic rings. The Balaban J connectivity index is 4.02. The van der Waals surface area contributed by atoms with E-state index in [1.165, 1.54) is 6.08 Å². The molecule has 0 radical (unpaired) electrons. The minimum absolute atomic E-state index is 0.517. The van der Waals surface area contributed by atoms with Gasteiger partial charge < -0.3 is 5.32 Å². The molecule has 0 amide bonds. The topological polar surface area (TPSA) is 55.2 Å². The van der Waals surface area contributed by atoms with Crippen molar-refractivity contribution in [2.24, 2.45) is 0 Å². The van der Waals surface area contributed by atoms with Crippen molar-refractivity contribution >= 4 is 15.9 Å². The van der Waals surface area contributed by atoms with Crippen LogP contribution < -0.4 is 5.32 Å². The van der Waals surface area contributed by atoms with Crippen molar-refractivity contribution in [2.75, 3.05) is 7.05 Å². The molecule has 0 aliphatic heterocycles. The van der Waals surface area contributed by atoms with Gasteiger partial charge in [-0.2, -0.15) is 0 Å². The molecule has 0 saturated heterocycles. The van der Waals surface area contributed by atoms with Crippen LogP contribution in [0, 0.1) is 10.1 Å². The standard InChI is InChI=1S/C7H9BrN2O2/c1-9-5-2-3-7(8)4-6-10(11)12/h2-6,9H,1H3/b5-2+,6-4+,7-3+. The summed E-state index contributed by atoms with van der Waals surface area (Å²) in [4.78, 5) is 9.36. The Kier molecular flexibility index (Phi) is 6.00. The molecule has 12 heavy (non-hydrogen) atoms. The molecule has 66 valence electrons. The summed E-state index contributed by atoms with van der Waals surface area (Å²) in [7, 11) is 1.77. The highest BCUT2D eigenvalue weighted by atomic mass is 79.9. The van der Waals surface area contributed by atoms with Crippen molar-refractivity contribution in [1.29, 1.82) is 0 Å². The van der Waals surface area contributed by atoms with Crippen molar-refractivity contribution in [3.05, 3.63) is 45.2 Å². The number of hydrogen-bond acceptors (Lipinski definition) is 3. The number of halogens is 1. The first kappa shape index (κ1) is 10.9. The largest absolute Gasteiger partial charge is 0.394 e. The summed E-state index contributed by atoms with van der Waals surface area (Å²) in [5.74, 6) is 0. The van der Waals surface area contributed by atoms with E-state index < -0.39 is 4.92 Å². The van der Waals surface area contributed by atoms with E-state index in [-0.39, 0.29) is 0 Å². The van der Waals surface area contributed by atoms with Crippen LogP contribution in [0.5, 0.6) is 0 Å². The van der Waals surface area contributed by atoms with Crippen LogP contribution in [0.4, 0.5) is 0 Å². The van der Waals surface area contributed by atoms with Gasteiger partial charge >= 0.3 is 0 Å². The highest BCUT2D eigenvalue weighted by molar-refractivity contribution is 9.11. The van der Waals surface area contributed by atoms with E-state index in [1.807, 2.05) is 0 Å².